The molecule has 0 saturated heterocycles. The van der Waals surface area contributed by atoms with Crippen LogP contribution >= 0.6 is 0 Å². The van der Waals surface area contributed by atoms with Gasteiger partial charge in [0.2, 0.25) is 15.9 Å². The Morgan fingerprint density at radius 3 is 2.21 bits per heavy atom. The molecule has 1 atom stereocenters. The van der Waals surface area contributed by atoms with Gasteiger partial charge in [0.25, 0.3) is 0 Å². The second-order valence-electron chi connectivity index (χ2n) is 6.04. The third-order valence-electron chi connectivity index (χ3n) is 2.58. The van der Waals surface area contributed by atoms with E-state index in [1.54, 1.807) is 13.8 Å². The zero-order chi connectivity index (χ0) is 15.3. The van der Waals surface area contributed by atoms with Gasteiger partial charge < -0.3 is 11.1 Å². The van der Waals surface area contributed by atoms with E-state index in [0.29, 0.717) is 12.5 Å². The molecule has 0 spiro atoms. The molecule has 1 amide bonds. The average molecular weight is 293 g/mol. The summed E-state index contributed by atoms with van der Waals surface area (Å²) >= 11 is 0. The van der Waals surface area contributed by atoms with Crippen LogP contribution in [-0.2, 0) is 14.8 Å². The number of nitrogens with two attached hydrogens (primary N) is 1. The normalized spacial score (nSPS) is 14.5. The molecular formula is C12H27N3O3S. The third-order valence-corrected chi connectivity index (χ3v) is 3.50. The van der Waals surface area contributed by atoms with E-state index < -0.39 is 15.6 Å². The van der Waals surface area contributed by atoms with Crippen molar-refractivity contribution in [1.82, 2.24) is 10.0 Å². The number of amides is 1. The Bertz CT molecular complexity index is 391. The van der Waals surface area contributed by atoms with E-state index in [-0.39, 0.29) is 18.4 Å². The number of hydrogen-bond acceptors (Lipinski definition) is 4. The first-order valence-corrected chi connectivity index (χ1v) is 8.32. The number of hydrogen-bond donors (Lipinski definition) is 3. The molecule has 6 nitrogen and oxygen atoms in total. The maximum Gasteiger partial charge on any atom is 0.224 e. The zero-order valence-electron chi connectivity index (χ0n) is 12.5. The van der Waals surface area contributed by atoms with E-state index in [0.717, 1.165) is 12.7 Å². The standard InChI is InChI=1S/C12H27N3O3S/c1-9(2)6-10(7-13)11(16)14-8-12(3,4)15-19(5,17)18/h9-10,15H,6-8,13H2,1-5H3,(H,14,16). The Balaban J connectivity index is 4.41. The van der Waals surface area contributed by atoms with Crippen LogP contribution in [0, 0.1) is 11.8 Å². The predicted octanol–water partition coefficient (Wildman–Crippen LogP) is 0.0514. The maximum absolute atomic E-state index is 12.0. The Morgan fingerprint density at radius 2 is 1.84 bits per heavy atom. The SMILES string of the molecule is CC(C)CC(CN)C(=O)NCC(C)(C)NS(C)(=O)=O. The van der Waals surface area contributed by atoms with Crippen LogP contribution in [0.4, 0.5) is 0 Å². The zero-order valence-corrected chi connectivity index (χ0v) is 13.3. The Kier molecular flexibility index (Phi) is 6.96. The van der Waals surface area contributed by atoms with Gasteiger partial charge in [0.1, 0.15) is 0 Å². The summed E-state index contributed by atoms with van der Waals surface area (Å²) in [5, 5.41) is 2.76. The summed E-state index contributed by atoms with van der Waals surface area (Å²) < 4.78 is 24.8. The van der Waals surface area contributed by atoms with Gasteiger partial charge in [0, 0.05) is 18.6 Å². The highest BCUT2D eigenvalue weighted by molar-refractivity contribution is 7.88. The van der Waals surface area contributed by atoms with Gasteiger partial charge in [0.05, 0.1) is 12.2 Å². The molecule has 4 N–H and O–H groups in total. The monoisotopic (exact) mass is 293 g/mol. The summed E-state index contributed by atoms with van der Waals surface area (Å²) in [6.45, 7) is 8.02. The smallest absolute Gasteiger partial charge is 0.224 e. The molecule has 0 aromatic carbocycles. The van der Waals surface area contributed by atoms with Crippen LogP contribution in [0.1, 0.15) is 34.1 Å². The van der Waals surface area contributed by atoms with Gasteiger partial charge in [-0.15, -0.1) is 0 Å². The van der Waals surface area contributed by atoms with Crippen molar-refractivity contribution in [2.75, 3.05) is 19.3 Å². The minimum absolute atomic E-state index is 0.125. The number of carbonyl (C=O) groups excluding carboxylic acids is 1. The lowest BCUT2D eigenvalue weighted by Gasteiger charge is -2.26. The highest BCUT2D eigenvalue weighted by Gasteiger charge is 2.25. The third kappa shape index (κ3) is 8.96. The van der Waals surface area contributed by atoms with Crippen LogP contribution in [0.2, 0.25) is 0 Å². The van der Waals surface area contributed by atoms with Gasteiger partial charge in [0.15, 0.2) is 0 Å². The maximum atomic E-state index is 12.0. The van der Waals surface area contributed by atoms with E-state index in [9.17, 15) is 13.2 Å². The lowest BCUT2D eigenvalue weighted by Crippen LogP contribution is -2.52. The van der Waals surface area contributed by atoms with Gasteiger partial charge in [-0.3, -0.25) is 4.79 Å². The van der Waals surface area contributed by atoms with E-state index in [4.69, 9.17) is 5.73 Å². The average Bonchev–Trinajstić information content (AvgIpc) is 2.19. The minimum atomic E-state index is -3.30. The second kappa shape index (κ2) is 7.21. The van der Waals surface area contributed by atoms with E-state index >= 15 is 0 Å². The molecule has 0 rings (SSSR count). The summed E-state index contributed by atoms with van der Waals surface area (Å²) in [5.41, 5.74) is 4.87. The highest BCUT2D eigenvalue weighted by Crippen LogP contribution is 2.11. The Hall–Kier alpha value is -0.660. The van der Waals surface area contributed by atoms with E-state index in [2.05, 4.69) is 10.0 Å². The molecule has 0 saturated carbocycles. The first kappa shape index (κ1) is 18.3. The highest BCUT2D eigenvalue weighted by atomic mass is 32.2. The largest absolute Gasteiger partial charge is 0.354 e. The number of sulfonamides is 1. The molecule has 0 aliphatic rings. The fraction of sp³-hybridized carbons (Fsp3) is 0.917. The summed E-state index contributed by atoms with van der Waals surface area (Å²) in [5.74, 6) is 0.0371. The predicted molar refractivity (Wildman–Crippen MR) is 77.1 cm³/mol. The fourth-order valence-corrected chi connectivity index (χ4v) is 2.95. The Morgan fingerprint density at radius 1 is 1.32 bits per heavy atom. The van der Waals surface area contributed by atoms with Crippen molar-refractivity contribution < 1.29 is 13.2 Å². The van der Waals surface area contributed by atoms with Crippen molar-refractivity contribution in [2.24, 2.45) is 17.6 Å². The molecule has 7 heteroatoms. The second-order valence-corrected chi connectivity index (χ2v) is 7.79. The van der Waals surface area contributed by atoms with Gasteiger partial charge in [-0.05, 0) is 26.2 Å². The molecule has 0 heterocycles. The quantitative estimate of drug-likeness (QED) is 0.588. The first-order valence-electron chi connectivity index (χ1n) is 6.43. The molecule has 0 fully saturated rings. The lowest BCUT2D eigenvalue weighted by atomic mass is 9.96. The van der Waals surface area contributed by atoms with Crippen LogP contribution in [0.25, 0.3) is 0 Å². The van der Waals surface area contributed by atoms with E-state index in [1.807, 2.05) is 13.8 Å². The van der Waals surface area contributed by atoms with Crippen LogP contribution in [0.3, 0.4) is 0 Å². The van der Waals surface area contributed by atoms with Gasteiger partial charge in [-0.2, -0.15) is 0 Å². The Labute approximate surface area is 116 Å². The van der Waals surface area contributed by atoms with Crippen LogP contribution < -0.4 is 15.8 Å². The van der Waals surface area contributed by atoms with Crippen molar-refractivity contribution in [2.45, 2.75) is 39.7 Å². The van der Waals surface area contributed by atoms with Crippen LogP contribution in [0.5, 0.6) is 0 Å². The molecule has 0 aromatic rings. The summed E-state index contributed by atoms with van der Waals surface area (Å²) in [6, 6.07) is 0. The van der Waals surface area contributed by atoms with Crippen molar-refractivity contribution in [3.8, 4) is 0 Å². The van der Waals surface area contributed by atoms with Crippen LogP contribution in [-0.4, -0.2) is 39.2 Å². The van der Waals surface area contributed by atoms with Crippen molar-refractivity contribution >= 4 is 15.9 Å². The molecule has 0 bridgehead atoms. The number of rotatable bonds is 8. The molecular weight excluding hydrogens is 266 g/mol. The van der Waals surface area contributed by atoms with Gasteiger partial charge in [-0.25, -0.2) is 13.1 Å². The van der Waals surface area contributed by atoms with Crippen molar-refractivity contribution in [3.05, 3.63) is 0 Å². The summed E-state index contributed by atoms with van der Waals surface area (Å²) in [4.78, 5) is 12.0. The molecule has 0 radical (unpaired) electrons. The number of carbonyl (C=O) groups is 1. The van der Waals surface area contributed by atoms with Crippen LogP contribution in [0.15, 0.2) is 0 Å². The molecule has 0 aliphatic heterocycles. The molecule has 114 valence electrons. The molecule has 19 heavy (non-hydrogen) atoms. The van der Waals surface area contributed by atoms with Crippen molar-refractivity contribution in [3.63, 3.8) is 0 Å². The fourth-order valence-electron chi connectivity index (χ4n) is 1.87. The van der Waals surface area contributed by atoms with E-state index in [1.165, 1.54) is 0 Å². The molecule has 0 aliphatic carbocycles. The van der Waals surface area contributed by atoms with Gasteiger partial charge >= 0.3 is 0 Å². The summed E-state index contributed by atoms with van der Waals surface area (Å²) in [6.07, 6.45) is 1.82. The number of nitrogens with one attached hydrogen (secondary N) is 2. The lowest BCUT2D eigenvalue weighted by molar-refractivity contribution is -0.125. The molecule has 0 aromatic heterocycles. The molecule has 1 unspecified atom stereocenters. The van der Waals surface area contributed by atoms with Gasteiger partial charge in [-0.1, -0.05) is 13.8 Å². The minimum Gasteiger partial charge on any atom is -0.354 e. The van der Waals surface area contributed by atoms with Crippen molar-refractivity contribution in [1.29, 1.82) is 0 Å². The summed E-state index contributed by atoms with van der Waals surface area (Å²) in [7, 11) is -3.30. The first-order chi connectivity index (χ1) is 8.47. The topological polar surface area (TPSA) is 101 Å².